The summed E-state index contributed by atoms with van der Waals surface area (Å²) >= 11 is 0. The van der Waals surface area contributed by atoms with Gasteiger partial charge in [0.05, 0.1) is 7.57 Å². The summed E-state index contributed by atoms with van der Waals surface area (Å²) in [4.78, 5) is 0. The molecule has 0 aliphatic carbocycles. The van der Waals surface area contributed by atoms with E-state index in [1.165, 1.54) is 0 Å². The fourth-order valence-corrected chi connectivity index (χ4v) is 0. The average molecular weight is 345 g/mol. The Balaban J connectivity index is -0.00000000500. The maximum Gasteiger partial charge on any atom is 0.0996 e. The summed E-state index contributed by atoms with van der Waals surface area (Å²) in [6.07, 6.45) is 0. The fourth-order valence-electron chi connectivity index (χ4n) is 0. The quantitative estimate of drug-likeness (QED) is 0.426. The minimum absolute atomic E-state index is 0. The van der Waals surface area contributed by atoms with E-state index in [-0.39, 0.29) is 41.5 Å². The Morgan fingerprint density at radius 2 is 1.25 bits per heavy atom. The first kappa shape index (κ1) is 17.0. The molecule has 4 heteroatoms. The fraction of sp³-hybridized carbons (Fsp3) is 0. The first-order chi connectivity index (χ1) is 1.00. The van der Waals surface area contributed by atoms with Crippen molar-refractivity contribution in [2.75, 3.05) is 0 Å². The van der Waals surface area contributed by atoms with Crippen LogP contribution in [0.15, 0.2) is 0 Å². The molecule has 0 aliphatic heterocycles. The molecular weight excluding hydrogens is 343 g/mol. The summed E-state index contributed by atoms with van der Waals surface area (Å²) in [7, 11) is 6.33. The second-order valence-corrected chi connectivity index (χ2v) is 0. The van der Waals surface area contributed by atoms with E-state index in [1.54, 1.807) is 0 Å². The zero-order valence-electron chi connectivity index (χ0n) is 1.79. The first-order valence-corrected chi connectivity index (χ1v) is 1.00. The van der Waals surface area contributed by atoms with Gasteiger partial charge < -0.3 is 0 Å². The molecule has 4 heavy (non-hydrogen) atoms. The molecule has 0 aliphatic rings. The van der Waals surface area contributed by atoms with E-state index in [2.05, 4.69) is 7.57 Å². The van der Waals surface area contributed by atoms with Gasteiger partial charge in [0.25, 0.3) is 0 Å². The molecule has 0 heterocycles. The van der Waals surface area contributed by atoms with Crippen LogP contribution < -0.4 is 0 Å². The van der Waals surface area contributed by atoms with Gasteiger partial charge in [-0.3, -0.25) is 0 Å². The Labute approximate surface area is 58.0 Å². The maximum atomic E-state index is 4.42. The van der Waals surface area contributed by atoms with E-state index in [0.717, 1.165) is 0 Å². The van der Waals surface area contributed by atoms with Gasteiger partial charge in [-0.1, -0.05) is 0 Å². The number of rotatable bonds is 0. The molecule has 0 aromatic heterocycles. The normalized spacial score (nSPS) is 1.25. The van der Waals surface area contributed by atoms with Gasteiger partial charge in [-0.25, -0.2) is 0 Å². The van der Waals surface area contributed by atoms with E-state index < -0.39 is 0 Å². The molecule has 0 saturated heterocycles. The Hall–Kier alpha value is 1.85. The molecule has 0 aromatic carbocycles. The molecule has 0 spiro atoms. The SMILES string of the molecule is [B]P.[Pd].[Pt]. The molecule has 1 unspecified atom stereocenters. The van der Waals surface area contributed by atoms with Crippen LogP contribution in [0.1, 0.15) is 0 Å². The van der Waals surface area contributed by atoms with Crippen LogP contribution in [0.5, 0.6) is 0 Å². The van der Waals surface area contributed by atoms with Gasteiger partial charge in [0.2, 0.25) is 0 Å². The van der Waals surface area contributed by atoms with Crippen molar-refractivity contribution in [3.63, 3.8) is 0 Å². The van der Waals surface area contributed by atoms with Crippen molar-refractivity contribution >= 4 is 16.7 Å². The summed E-state index contributed by atoms with van der Waals surface area (Å²) in [5.74, 6) is 0. The summed E-state index contributed by atoms with van der Waals surface area (Å²) in [6.45, 7) is 0. The number of hydrogen-bond acceptors (Lipinski definition) is 0. The van der Waals surface area contributed by atoms with E-state index >= 15 is 0 Å². The van der Waals surface area contributed by atoms with Gasteiger partial charge >= 0.3 is 0 Å². The Bertz CT molecular complexity index is 8.00. The molecule has 0 nitrogen and oxygen atoms in total. The van der Waals surface area contributed by atoms with Gasteiger partial charge in [-0.2, -0.15) is 9.12 Å². The standard InChI is InChI=1S/BH2P.Pd.Pt/c1-2;;/h2H2;;. The molecule has 1 atom stereocenters. The van der Waals surface area contributed by atoms with Crippen LogP contribution >= 0.6 is 9.12 Å². The zero-order valence-corrected chi connectivity index (χ0v) is 6.77. The van der Waals surface area contributed by atoms with Crippen molar-refractivity contribution in [1.29, 1.82) is 0 Å². The zero-order chi connectivity index (χ0) is 2.00. The van der Waals surface area contributed by atoms with Crippen LogP contribution in [0, 0.1) is 0 Å². The van der Waals surface area contributed by atoms with Crippen molar-refractivity contribution in [1.82, 2.24) is 0 Å². The maximum absolute atomic E-state index is 4.42. The molecule has 0 bridgehead atoms. The first-order valence-electron chi connectivity index (χ1n) is 0.333. The van der Waals surface area contributed by atoms with Gasteiger partial charge in [0.1, 0.15) is 0 Å². The average Bonchev–Trinajstić information content (AvgIpc) is 1.00. The second-order valence-electron chi connectivity index (χ2n) is 0. The van der Waals surface area contributed by atoms with Crippen LogP contribution in [0.3, 0.4) is 0 Å². The number of hydrogen-bond donors (Lipinski definition) is 0. The molecule has 0 saturated carbocycles. The summed E-state index contributed by atoms with van der Waals surface area (Å²) in [5, 5.41) is 0. The summed E-state index contributed by atoms with van der Waals surface area (Å²) in [6, 6.07) is 0. The van der Waals surface area contributed by atoms with Gasteiger partial charge in [0.15, 0.2) is 0 Å². The molecule has 0 N–H and O–H groups in total. The van der Waals surface area contributed by atoms with E-state index in [1.807, 2.05) is 9.12 Å². The van der Waals surface area contributed by atoms with Crippen molar-refractivity contribution in [2.45, 2.75) is 0 Å². The second kappa shape index (κ2) is 21.0. The van der Waals surface area contributed by atoms with Gasteiger partial charge in [0, 0.05) is 41.5 Å². The monoisotopic (exact) mass is 345 g/mol. The van der Waals surface area contributed by atoms with Crippen molar-refractivity contribution < 1.29 is 41.5 Å². The smallest absolute Gasteiger partial charge is 0.0996 e. The largest absolute Gasteiger partial charge is 0.187 e. The molecular formula is H2BPPdPt. The van der Waals surface area contributed by atoms with E-state index in [9.17, 15) is 0 Å². The third-order valence-corrected chi connectivity index (χ3v) is 0. The topological polar surface area (TPSA) is 0 Å². The molecule has 2 radical (unpaired) electrons. The molecule has 0 fully saturated rings. The van der Waals surface area contributed by atoms with E-state index in [0.29, 0.717) is 0 Å². The molecule has 30 valence electrons. The van der Waals surface area contributed by atoms with Gasteiger partial charge in [-0.05, 0) is 0 Å². The van der Waals surface area contributed by atoms with Crippen LogP contribution in [0.25, 0.3) is 0 Å². The van der Waals surface area contributed by atoms with E-state index in [4.69, 9.17) is 0 Å². The minimum atomic E-state index is 0. The molecule has 0 rings (SSSR count). The Morgan fingerprint density at radius 1 is 1.25 bits per heavy atom. The van der Waals surface area contributed by atoms with Gasteiger partial charge in [-0.15, -0.1) is 0 Å². The summed E-state index contributed by atoms with van der Waals surface area (Å²) < 4.78 is 0. The van der Waals surface area contributed by atoms with Crippen molar-refractivity contribution in [3.8, 4) is 0 Å². The van der Waals surface area contributed by atoms with Crippen LogP contribution in [-0.4, -0.2) is 7.57 Å². The van der Waals surface area contributed by atoms with Crippen LogP contribution in [-0.2, 0) is 41.5 Å². The Morgan fingerprint density at radius 3 is 1.25 bits per heavy atom. The third kappa shape index (κ3) is 9.14. The van der Waals surface area contributed by atoms with Crippen LogP contribution in [0.4, 0.5) is 0 Å². The molecule has 0 aromatic rings. The molecule has 0 amide bonds. The Kier molecular flexibility index (Phi) is 89.1. The van der Waals surface area contributed by atoms with Crippen molar-refractivity contribution in [3.05, 3.63) is 0 Å². The predicted molar refractivity (Wildman–Crippen MR) is 15.5 cm³/mol. The predicted octanol–water partition coefficient (Wildman–Crippen LogP) is -0.0600. The van der Waals surface area contributed by atoms with Crippen LogP contribution in [0.2, 0.25) is 0 Å². The third-order valence-electron chi connectivity index (χ3n) is 0. The minimum Gasteiger partial charge on any atom is -0.187 e. The van der Waals surface area contributed by atoms with Crippen molar-refractivity contribution in [2.24, 2.45) is 0 Å². The summed E-state index contributed by atoms with van der Waals surface area (Å²) in [5.41, 5.74) is 0.